The van der Waals surface area contributed by atoms with Crippen LogP contribution in [-0.4, -0.2) is 25.1 Å². The molecule has 3 rings (SSSR count). The molecule has 0 radical (unpaired) electrons. The van der Waals surface area contributed by atoms with Gasteiger partial charge in [-0.15, -0.1) is 0 Å². The van der Waals surface area contributed by atoms with Crippen LogP contribution in [0, 0.1) is 25.2 Å². The summed E-state index contributed by atoms with van der Waals surface area (Å²) in [7, 11) is 1.57. The van der Waals surface area contributed by atoms with Crippen LogP contribution in [0.5, 0.6) is 11.5 Å². The lowest BCUT2D eigenvalue weighted by Gasteiger charge is -2.13. The third-order valence-electron chi connectivity index (χ3n) is 5.19. The minimum absolute atomic E-state index is 0.243. The molecule has 2 amide bonds. The minimum atomic E-state index is -0.919. The number of carbonyl (C=O) groups is 2. The van der Waals surface area contributed by atoms with E-state index in [-0.39, 0.29) is 13.0 Å². The van der Waals surface area contributed by atoms with Gasteiger partial charge in [0, 0.05) is 16.3 Å². The van der Waals surface area contributed by atoms with Crippen LogP contribution < -0.4 is 20.2 Å². The Bertz CT molecular complexity index is 1310. The average Bonchev–Trinajstić information content (AvgIpc) is 2.87. The van der Waals surface area contributed by atoms with Gasteiger partial charge in [-0.25, -0.2) is 5.43 Å². The Morgan fingerprint density at radius 2 is 1.75 bits per heavy atom. The minimum Gasteiger partial charge on any atom is -0.496 e. The molecule has 36 heavy (non-hydrogen) atoms. The van der Waals surface area contributed by atoms with Crippen LogP contribution in [0.4, 0.5) is 5.69 Å². The van der Waals surface area contributed by atoms with Crippen molar-refractivity contribution >= 4 is 35.3 Å². The smallest absolute Gasteiger partial charge is 0.329 e. The zero-order valence-corrected chi connectivity index (χ0v) is 20.8. The molecule has 0 heterocycles. The Hall–Kier alpha value is -4.35. The van der Waals surface area contributed by atoms with Crippen molar-refractivity contribution in [1.82, 2.24) is 5.43 Å². The zero-order valence-electron chi connectivity index (χ0n) is 20.1. The van der Waals surface area contributed by atoms with E-state index in [1.165, 1.54) is 6.21 Å². The zero-order chi connectivity index (χ0) is 26.1. The van der Waals surface area contributed by atoms with Gasteiger partial charge in [-0.1, -0.05) is 23.7 Å². The summed E-state index contributed by atoms with van der Waals surface area (Å²) in [5.74, 6) is -0.456. The van der Waals surface area contributed by atoms with Crippen molar-refractivity contribution in [2.24, 2.45) is 5.10 Å². The standard InChI is InChI=1S/C27H25ClN4O4/c1-17-12-23(13-18(2)25(17)28)36-16-21-14-20(6-9-24(21)35-3)15-30-32-27(34)26(33)31-22-7-4-19(5-8-22)10-11-29/h4-9,12-15H,10,16H2,1-3H3,(H,31,33)(H,32,34). The van der Waals surface area contributed by atoms with Crippen LogP contribution in [0.3, 0.4) is 0 Å². The van der Waals surface area contributed by atoms with Crippen molar-refractivity contribution in [3.05, 3.63) is 87.4 Å². The molecule has 0 aromatic heterocycles. The molecule has 0 aliphatic carbocycles. The lowest BCUT2D eigenvalue weighted by molar-refractivity contribution is -0.136. The molecule has 3 aromatic carbocycles. The summed E-state index contributed by atoms with van der Waals surface area (Å²) in [5.41, 5.74) is 6.75. The molecule has 8 nitrogen and oxygen atoms in total. The van der Waals surface area contributed by atoms with Crippen LogP contribution in [0.2, 0.25) is 5.02 Å². The number of aryl methyl sites for hydroxylation is 2. The summed E-state index contributed by atoms with van der Waals surface area (Å²) in [6.45, 7) is 4.08. The third-order valence-corrected chi connectivity index (χ3v) is 5.79. The van der Waals surface area contributed by atoms with Gasteiger partial charge < -0.3 is 14.8 Å². The Labute approximate surface area is 214 Å². The van der Waals surface area contributed by atoms with Crippen molar-refractivity contribution in [3.63, 3.8) is 0 Å². The van der Waals surface area contributed by atoms with Gasteiger partial charge in [-0.2, -0.15) is 10.4 Å². The number of amides is 2. The quantitative estimate of drug-likeness (QED) is 0.262. The van der Waals surface area contributed by atoms with Crippen molar-refractivity contribution < 1.29 is 19.1 Å². The molecule has 0 atom stereocenters. The first-order chi connectivity index (χ1) is 17.3. The first-order valence-electron chi connectivity index (χ1n) is 11.0. The predicted molar refractivity (Wildman–Crippen MR) is 138 cm³/mol. The summed E-state index contributed by atoms with van der Waals surface area (Å²) >= 11 is 6.23. The first kappa shape index (κ1) is 26.3. The molecule has 0 spiro atoms. The second-order valence-electron chi connectivity index (χ2n) is 7.92. The highest BCUT2D eigenvalue weighted by Gasteiger charge is 2.13. The van der Waals surface area contributed by atoms with Crippen LogP contribution in [0.25, 0.3) is 0 Å². The van der Waals surface area contributed by atoms with E-state index in [0.717, 1.165) is 22.3 Å². The molecule has 2 N–H and O–H groups in total. The van der Waals surface area contributed by atoms with E-state index in [1.807, 2.05) is 38.1 Å². The second-order valence-corrected chi connectivity index (χ2v) is 8.29. The maximum Gasteiger partial charge on any atom is 0.329 e. The molecule has 3 aromatic rings. The van der Waals surface area contributed by atoms with Crippen molar-refractivity contribution in [2.45, 2.75) is 26.9 Å². The van der Waals surface area contributed by atoms with Crippen LogP contribution in [-0.2, 0) is 22.6 Å². The monoisotopic (exact) mass is 504 g/mol. The van der Waals surface area contributed by atoms with E-state index >= 15 is 0 Å². The number of nitriles is 1. The van der Waals surface area contributed by atoms with Crippen LogP contribution in [0.15, 0.2) is 59.7 Å². The summed E-state index contributed by atoms with van der Waals surface area (Å²) in [6.07, 6.45) is 1.69. The molecular formula is C27H25ClN4O4. The number of anilines is 1. The maximum atomic E-state index is 12.1. The van der Waals surface area contributed by atoms with E-state index in [4.69, 9.17) is 26.3 Å². The number of methoxy groups -OCH3 is 1. The third kappa shape index (κ3) is 7.08. The second kappa shape index (κ2) is 12.4. The van der Waals surface area contributed by atoms with Gasteiger partial charge in [-0.3, -0.25) is 9.59 Å². The molecule has 9 heteroatoms. The number of nitrogens with zero attached hydrogens (tertiary/aromatic N) is 2. The van der Waals surface area contributed by atoms with Crippen molar-refractivity contribution in [2.75, 3.05) is 12.4 Å². The SMILES string of the molecule is COc1ccc(C=NNC(=O)C(=O)Nc2ccc(CC#N)cc2)cc1COc1cc(C)c(Cl)c(C)c1. The molecule has 0 aliphatic rings. The number of hydrazone groups is 1. The predicted octanol–water partition coefficient (Wildman–Crippen LogP) is 4.70. The van der Waals surface area contributed by atoms with E-state index in [0.29, 0.717) is 27.8 Å². The fourth-order valence-electron chi connectivity index (χ4n) is 3.34. The lowest BCUT2D eigenvalue weighted by Crippen LogP contribution is -2.32. The molecule has 0 unspecified atom stereocenters. The van der Waals surface area contributed by atoms with E-state index in [1.54, 1.807) is 43.5 Å². The highest BCUT2D eigenvalue weighted by atomic mass is 35.5. The van der Waals surface area contributed by atoms with Crippen molar-refractivity contribution in [1.29, 1.82) is 5.26 Å². The Morgan fingerprint density at radius 1 is 1.06 bits per heavy atom. The summed E-state index contributed by atoms with van der Waals surface area (Å²) in [4.78, 5) is 24.2. The number of hydrogen-bond acceptors (Lipinski definition) is 6. The molecule has 0 fully saturated rings. The number of hydrogen-bond donors (Lipinski definition) is 2. The van der Waals surface area contributed by atoms with Gasteiger partial charge in [0.1, 0.15) is 18.1 Å². The van der Waals surface area contributed by atoms with E-state index < -0.39 is 11.8 Å². The lowest BCUT2D eigenvalue weighted by atomic mass is 10.1. The van der Waals surface area contributed by atoms with E-state index in [2.05, 4.69) is 15.8 Å². The molecular weight excluding hydrogens is 480 g/mol. The summed E-state index contributed by atoms with van der Waals surface area (Å²) in [6, 6.07) is 17.8. The van der Waals surface area contributed by atoms with Gasteiger partial charge in [0.15, 0.2) is 0 Å². The van der Waals surface area contributed by atoms with Gasteiger partial charge in [0.2, 0.25) is 0 Å². The van der Waals surface area contributed by atoms with Gasteiger partial charge in [0.05, 0.1) is 25.8 Å². The fraction of sp³-hybridized carbons (Fsp3) is 0.185. The average molecular weight is 505 g/mol. The number of benzene rings is 3. The number of ether oxygens (including phenoxy) is 2. The maximum absolute atomic E-state index is 12.1. The fourth-order valence-corrected chi connectivity index (χ4v) is 3.45. The Balaban J connectivity index is 1.60. The molecule has 0 bridgehead atoms. The highest BCUT2D eigenvalue weighted by molar-refractivity contribution is 6.39. The molecule has 184 valence electrons. The van der Waals surface area contributed by atoms with E-state index in [9.17, 15) is 9.59 Å². The molecule has 0 aliphatic heterocycles. The van der Waals surface area contributed by atoms with Gasteiger partial charge in [0.25, 0.3) is 0 Å². The Morgan fingerprint density at radius 3 is 2.39 bits per heavy atom. The summed E-state index contributed by atoms with van der Waals surface area (Å²) in [5, 5.41) is 15.8. The molecule has 0 saturated heterocycles. The largest absolute Gasteiger partial charge is 0.496 e. The number of rotatable bonds is 8. The number of nitrogens with one attached hydrogen (secondary N) is 2. The first-order valence-corrected chi connectivity index (χ1v) is 11.3. The van der Waals surface area contributed by atoms with Crippen LogP contribution >= 0.6 is 11.6 Å². The molecule has 0 saturated carbocycles. The van der Waals surface area contributed by atoms with Gasteiger partial charge >= 0.3 is 11.8 Å². The van der Waals surface area contributed by atoms with Gasteiger partial charge in [-0.05, 0) is 78.6 Å². The summed E-state index contributed by atoms with van der Waals surface area (Å²) < 4.78 is 11.4. The van der Waals surface area contributed by atoms with Crippen LogP contribution in [0.1, 0.15) is 27.8 Å². The topological polar surface area (TPSA) is 113 Å². The number of halogens is 1. The van der Waals surface area contributed by atoms with Crippen molar-refractivity contribution in [3.8, 4) is 17.6 Å². The number of carbonyl (C=O) groups excluding carboxylic acids is 2. The normalized spacial score (nSPS) is 10.5. The highest BCUT2D eigenvalue weighted by Crippen LogP contribution is 2.27. The Kier molecular flexibility index (Phi) is 9.03.